The Balaban J connectivity index is 1.49. The van der Waals surface area contributed by atoms with E-state index in [0.29, 0.717) is 30.7 Å². The second-order valence-electron chi connectivity index (χ2n) is 8.97. The van der Waals surface area contributed by atoms with Crippen LogP contribution in [0.2, 0.25) is 0 Å². The Labute approximate surface area is 207 Å². The Kier molecular flexibility index (Phi) is 5.41. The Morgan fingerprint density at radius 3 is 2.69 bits per heavy atom. The molecule has 6 rings (SSSR count). The molecule has 1 aliphatic carbocycles. The number of para-hydroxylation sites is 1. The first kappa shape index (κ1) is 21.9. The van der Waals surface area contributed by atoms with Crippen molar-refractivity contribution in [1.82, 2.24) is 20.1 Å². The molecule has 2 aromatic carbocycles. The van der Waals surface area contributed by atoms with Gasteiger partial charge in [-0.3, -0.25) is 19.9 Å². The van der Waals surface area contributed by atoms with Crippen molar-refractivity contribution >= 4 is 17.5 Å². The average Bonchev–Trinajstić information content (AvgIpc) is 3.53. The van der Waals surface area contributed by atoms with Gasteiger partial charge in [0.05, 0.1) is 17.3 Å². The summed E-state index contributed by atoms with van der Waals surface area (Å²) < 4.78 is 1.76. The molecule has 8 heteroatoms. The van der Waals surface area contributed by atoms with Gasteiger partial charge < -0.3 is 5.21 Å². The number of benzene rings is 2. The van der Waals surface area contributed by atoms with E-state index in [9.17, 15) is 14.8 Å². The van der Waals surface area contributed by atoms with E-state index in [4.69, 9.17) is 5.10 Å². The third-order valence-corrected chi connectivity index (χ3v) is 6.86. The van der Waals surface area contributed by atoms with Gasteiger partial charge in [-0.05, 0) is 48.1 Å². The molecule has 1 radical (unpaired) electrons. The van der Waals surface area contributed by atoms with E-state index in [2.05, 4.69) is 27.6 Å². The molecule has 1 fully saturated rings. The van der Waals surface area contributed by atoms with Crippen molar-refractivity contribution in [2.45, 2.75) is 31.6 Å². The number of nitrogens with one attached hydrogen (secondary N) is 1. The van der Waals surface area contributed by atoms with Crippen LogP contribution in [0.4, 0.5) is 0 Å². The van der Waals surface area contributed by atoms with Gasteiger partial charge in [-0.1, -0.05) is 41.6 Å². The molecule has 2 N–H and O–H groups in total. The summed E-state index contributed by atoms with van der Waals surface area (Å²) in [6.45, 7) is 0. The van der Waals surface area contributed by atoms with Crippen LogP contribution in [-0.2, 0) is 16.0 Å². The highest BCUT2D eigenvalue weighted by molar-refractivity contribution is 6.04. The third-order valence-electron chi connectivity index (χ3n) is 6.86. The second-order valence-corrected chi connectivity index (χ2v) is 8.97. The fraction of sp³-hybridized carbons (Fsp3) is 0.179. The fourth-order valence-electron chi connectivity index (χ4n) is 5.07. The lowest BCUT2D eigenvalue weighted by Gasteiger charge is -2.23. The van der Waals surface area contributed by atoms with Gasteiger partial charge in [0.15, 0.2) is 0 Å². The first-order valence-corrected chi connectivity index (χ1v) is 11.8. The molecule has 4 aromatic rings. The molecule has 1 unspecified atom stereocenters. The zero-order valence-electron chi connectivity index (χ0n) is 19.3. The molecule has 177 valence electrons. The number of carbonyl (C=O) groups is 2. The summed E-state index contributed by atoms with van der Waals surface area (Å²) >= 11 is 0. The van der Waals surface area contributed by atoms with Gasteiger partial charge in [0.2, 0.25) is 11.8 Å². The predicted octanol–water partition coefficient (Wildman–Crippen LogP) is 4.05. The number of hydrogen-bond acceptors (Lipinski definition) is 6. The zero-order chi connectivity index (χ0) is 24.6. The summed E-state index contributed by atoms with van der Waals surface area (Å²) in [4.78, 5) is 28.5. The Morgan fingerprint density at radius 1 is 1.03 bits per heavy atom. The van der Waals surface area contributed by atoms with Crippen LogP contribution in [0, 0.1) is 6.07 Å². The minimum Gasteiger partial charge on any atom is -0.411 e. The molecule has 0 spiro atoms. The summed E-state index contributed by atoms with van der Waals surface area (Å²) in [5, 5.41) is 20.1. The minimum absolute atomic E-state index is 0.245. The first-order valence-electron chi connectivity index (χ1n) is 11.8. The normalized spacial score (nSPS) is 18.3. The number of carbonyl (C=O) groups excluding carboxylic acids is 2. The highest BCUT2D eigenvalue weighted by atomic mass is 16.4. The van der Waals surface area contributed by atoms with E-state index in [1.807, 2.05) is 42.6 Å². The van der Waals surface area contributed by atoms with Crippen LogP contribution in [-0.4, -0.2) is 37.5 Å². The van der Waals surface area contributed by atoms with Crippen molar-refractivity contribution in [1.29, 1.82) is 0 Å². The lowest BCUT2D eigenvalue weighted by molar-refractivity contribution is -0.134. The summed E-state index contributed by atoms with van der Waals surface area (Å²) in [5.74, 6) is -0.998. The minimum atomic E-state index is -0.455. The van der Waals surface area contributed by atoms with E-state index in [0.717, 1.165) is 45.5 Å². The molecule has 1 saturated heterocycles. The molecule has 3 heterocycles. The van der Waals surface area contributed by atoms with Crippen LogP contribution in [0.15, 0.2) is 72.3 Å². The summed E-state index contributed by atoms with van der Waals surface area (Å²) in [5.41, 5.74) is 7.84. The highest BCUT2D eigenvalue weighted by Gasteiger charge is 2.30. The molecule has 2 aliphatic rings. The number of fused-ring (bicyclic) bond motifs is 1. The van der Waals surface area contributed by atoms with Crippen molar-refractivity contribution in [2.75, 3.05) is 0 Å². The Bertz CT molecular complexity index is 1520. The second kappa shape index (κ2) is 8.88. The maximum absolute atomic E-state index is 12.7. The molecule has 0 saturated carbocycles. The van der Waals surface area contributed by atoms with Crippen LogP contribution in [0.5, 0.6) is 0 Å². The van der Waals surface area contributed by atoms with Gasteiger partial charge in [-0.2, -0.15) is 5.10 Å². The van der Waals surface area contributed by atoms with E-state index >= 15 is 0 Å². The van der Waals surface area contributed by atoms with E-state index < -0.39 is 5.92 Å². The lowest BCUT2D eigenvalue weighted by Crippen LogP contribution is -2.39. The van der Waals surface area contributed by atoms with Crippen molar-refractivity contribution in [3.8, 4) is 28.1 Å². The SMILES string of the molecule is O=C1CCC(c2ccc[c]c2-n2cc(-c3ccc4c(c3)CC/C4=N\O)c(-c3ccncc3)n2)C(=O)N1. The van der Waals surface area contributed by atoms with Crippen LogP contribution < -0.4 is 5.32 Å². The maximum atomic E-state index is 12.7. The van der Waals surface area contributed by atoms with Crippen LogP contribution in [0.3, 0.4) is 0 Å². The molecule has 1 atom stereocenters. The molecule has 0 bridgehead atoms. The number of aromatic nitrogens is 3. The van der Waals surface area contributed by atoms with E-state index in [-0.39, 0.29) is 11.8 Å². The molecule has 1 aliphatic heterocycles. The summed E-state index contributed by atoms with van der Waals surface area (Å²) in [7, 11) is 0. The largest absolute Gasteiger partial charge is 0.411 e. The molecular weight excluding hydrogens is 454 g/mol. The van der Waals surface area contributed by atoms with Crippen molar-refractivity contribution in [2.24, 2.45) is 5.16 Å². The first-order chi connectivity index (χ1) is 17.6. The van der Waals surface area contributed by atoms with Gasteiger partial charge in [0, 0.05) is 47.8 Å². The number of piperidine rings is 1. The fourth-order valence-corrected chi connectivity index (χ4v) is 5.07. The maximum Gasteiger partial charge on any atom is 0.234 e. The lowest BCUT2D eigenvalue weighted by atomic mass is 9.89. The van der Waals surface area contributed by atoms with Crippen LogP contribution >= 0.6 is 0 Å². The molecule has 2 aromatic heterocycles. The Hall–Kier alpha value is -4.59. The molecule has 8 nitrogen and oxygen atoms in total. The Morgan fingerprint density at radius 2 is 1.89 bits per heavy atom. The predicted molar refractivity (Wildman–Crippen MR) is 133 cm³/mol. The number of nitrogens with zero attached hydrogens (tertiary/aromatic N) is 4. The van der Waals surface area contributed by atoms with E-state index in [1.165, 1.54) is 0 Å². The van der Waals surface area contributed by atoms with Gasteiger partial charge in [-0.15, -0.1) is 0 Å². The topological polar surface area (TPSA) is 109 Å². The number of rotatable bonds is 4. The number of oxime groups is 1. The average molecular weight is 477 g/mol. The van der Waals surface area contributed by atoms with Gasteiger partial charge in [0.25, 0.3) is 0 Å². The summed E-state index contributed by atoms with van der Waals surface area (Å²) in [6.07, 6.45) is 7.68. The monoisotopic (exact) mass is 476 g/mol. The molecular formula is C28H22N5O3. The smallest absolute Gasteiger partial charge is 0.234 e. The van der Waals surface area contributed by atoms with Gasteiger partial charge in [0.1, 0.15) is 5.69 Å². The highest BCUT2D eigenvalue weighted by Crippen LogP contribution is 2.36. The number of hydrogen-bond donors (Lipinski definition) is 2. The third kappa shape index (κ3) is 3.76. The van der Waals surface area contributed by atoms with Crippen LogP contribution in [0.25, 0.3) is 28.1 Å². The van der Waals surface area contributed by atoms with Crippen molar-refractivity contribution in [3.63, 3.8) is 0 Å². The van der Waals surface area contributed by atoms with Gasteiger partial charge in [-0.25, -0.2) is 4.68 Å². The van der Waals surface area contributed by atoms with Gasteiger partial charge >= 0.3 is 0 Å². The molecule has 2 amide bonds. The van der Waals surface area contributed by atoms with Crippen LogP contribution in [0.1, 0.15) is 41.9 Å². The molecule has 36 heavy (non-hydrogen) atoms. The number of aryl methyl sites for hydroxylation is 1. The van der Waals surface area contributed by atoms with Crippen molar-refractivity contribution in [3.05, 3.63) is 89.9 Å². The standard InChI is InChI=1S/C28H22N5O3/c34-26-10-8-22(28(35)30-26)21-3-1-2-4-25(21)33-16-23(27(31-33)17-11-13-29-14-12-17)19-5-7-20-18(15-19)6-9-24(20)32-36/h1-3,5,7,11-16,22,36H,6,8-10H2,(H,30,34,35)/b32-24+. The summed E-state index contributed by atoms with van der Waals surface area (Å²) in [6, 6.07) is 18.7. The number of amides is 2. The number of pyridine rings is 1. The zero-order valence-corrected chi connectivity index (χ0v) is 19.3. The van der Waals surface area contributed by atoms with E-state index in [1.54, 1.807) is 23.1 Å². The quantitative estimate of drug-likeness (QED) is 0.262. The van der Waals surface area contributed by atoms with Crippen molar-refractivity contribution < 1.29 is 14.8 Å². The number of imide groups is 1.